The summed E-state index contributed by atoms with van der Waals surface area (Å²) in [4.78, 5) is 28.5. The van der Waals surface area contributed by atoms with Gasteiger partial charge in [0.15, 0.2) is 5.78 Å². The third-order valence-electron chi connectivity index (χ3n) is 6.20. The lowest BCUT2D eigenvalue weighted by Gasteiger charge is -2.39. The first kappa shape index (κ1) is 20.6. The number of anilines is 1. The van der Waals surface area contributed by atoms with E-state index in [1.165, 1.54) is 0 Å². The first-order valence-electron chi connectivity index (χ1n) is 10.4. The van der Waals surface area contributed by atoms with E-state index in [4.69, 9.17) is 4.74 Å². The van der Waals surface area contributed by atoms with E-state index in [-0.39, 0.29) is 18.2 Å². The Balaban J connectivity index is 1.48. The number of nitrogens with zero attached hydrogens (tertiary/aromatic N) is 2. The lowest BCUT2D eigenvalue weighted by molar-refractivity contribution is -0.116. The molecular weight excluding hydrogens is 380 g/mol. The van der Waals surface area contributed by atoms with Crippen molar-refractivity contribution in [2.75, 3.05) is 38.2 Å². The van der Waals surface area contributed by atoms with Crippen molar-refractivity contribution in [1.82, 2.24) is 4.90 Å². The number of likely N-dealkylation sites (tertiary alicyclic amines) is 1. The standard InChI is InChI=1S/C24H28N2O4/c1-17(27)26-13-10-18-14-19(8-9-21(18)26)22(28)15-25-12-5-11-24(29,16-25)20-6-3-4-7-23(20)30-2/h3-4,6-9,14,29H,5,10-13,15-16H2,1-2H3. The van der Waals surface area contributed by atoms with E-state index < -0.39 is 5.60 Å². The van der Waals surface area contributed by atoms with Gasteiger partial charge in [-0.15, -0.1) is 0 Å². The molecule has 4 rings (SSSR count). The summed E-state index contributed by atoms with van der Waals surface area (Å²) >= 11 is 0. The molecule has 1 saturated heterocycles. The van der Waals surface area contributed by atoms with Gasteiger partial charge in [0.25, 0.3) is 0 Å². The Bertz CT molecular complexity index is 973. The van der Waals surface area contributed by atoms with E-state index in [2.05, 4.69) is 0 Å². The van der Waals surface area contributed by atoms with Crippen LogP contribution in [0.25, 0.3) is 0 Å². The first-order chi connectivity index (χ1) is 14.4. The Hall–Kier alpha value is -2.70. The molecule has 6 nitrogen and oxygen atoms in total. The summed E-state index contributed by atoms with van der Waals surface area (Å²) in [5.74, 6) is 0.724. The third-order valence-corrected chi connectivity index (χ3v) is 6.20. The minimum atomic E-state index is -1.04. The highest BCUT2D eigenvalue weighted by molar-refractivity contribution is 6.00. The summed E-state index contributed by atoms with van der Waals surface area (Å²) in [5, 5.41) is 11.3. The molecule has 1 atom stereocenters. The number of rotatable bonds is 5. The van der Waals surface area contributed by atoms with Crippen molar-refractivity contribution in [3.63, 3.8) is 0 Å². The van der Waals surface area contributed by atoms with Crippen LogP contribution in [0.15, 0.2) is 42.5 Å². The number of hydrogen-bond donors (Lipinski definition) is 1. The average Bonchev–Trinajstić information content (AvgIpc) is 3.17. The predicted octanol–water partition coefficient (Wildman–Crippen LogP) is 2.77. The summed E-state index contributed by atoms with van der Waals surface area (Å²) in [6.07, 6.45) is 2.21. The molecule has 2 aliphatic heterocycles. The number of ketones is 1. The van der Waals surface area contributed by atoms with Crippen LogP contribution in [0.3, 0.4) is 0 Å². The Kier molecular flexibility index (Phi) is 5.62. The van der Waals surface area contributed by atoms with Crippen molar-refractivity contribution in [1.29, 1.82) is 0 Å². The zero-order valence-corrected chi connectivity index (χ0v) is 17.6. The minimum Gasteiger partial charge on any atom is -0.496 e. The van der Waals surface area contributed by atoms with Gasteiger partial charge in [0.1, 0.15) is 11.4 Å². The van der Waals surface area contributed by atoms with E-state index >= 15 is 0 Å². The largest absolute Gasteiger partial charge is 0.496 e. The summed E-state index contributed by atoms with van der Waals surface area (Å²) < 4.78 is 5.44. The van der Waals surface area contributed by atoms with Crippen molar-refractivity contribution in [3.8, 4) is 5.75 Å². The molecule has 2 heterocycles. The van der Waals surface area contributed by atoms with Gasteiger partial charge in [-0.25, -0.2) is 0 Å². The zero-order valence-electron chi connectivity index (χ0n) is 17.6. The number of fused-ring (bicyclic) bond motifs is 1. The third kappa shape index (κ3) is 3.85. The van der Waals surface area contributed by atoms with Crippen LogP contribution in [-0.4, -0.2) is 55.0 Å². The molecule has 2 aliphatic rings. The lowest BCUT2D eigenvalue weighted by atomic mass is 9.85. The van der Waals surface area contributed by atoms with Crippen LogP contribution in [-0.2, 0) is 16.8 Å². The van der Waals surface area contributed by atoms with E-state index in [0.29, 0.717) is 30.8 Å². The van der Waals surface area contributed by atoms with Gasteiger partial charge in [-0.1, -0.05) is 18.2 Å². The molecule has 1 N–H and O–H groups in total. The molecule has 1 unspecified atom stereocenters. The number of ether oxygens (including phenoxy) is 1. The van der Waals surface area contributed by atoms with Crippen molar-refractivity contribution in [2.45, 2.75) is 31.8 Å². The number of piperidine rings is 1. The second kappa shape index (κ2) is 8.20. The van der Waals surface area contributed by atoms with Crippen molar-refractivity contribution < 1.29 is 19.4 Å². The fraction of sp³-hybridized carbons (Fsp3) is 0.417. The molecule has 0 spiro atoms. The van der Waals surface area contributed by atoms with E-state index in [0.717, 1.165) is 36.2 Å². The molecule has 6 heteroatoms. The van der Waals surface area contributed by atoms with Crippen LogP contribution in [0.5, 0.6) is 5.75 Å². The van der Waals surface area contributed by atoms with Gasteiger partial charge in [-0.2, -0.15) is 0 Å². The van der Waals surface area contributed by atoms with Gasteiger partial charge in [0.05, 0.1) is 13.7 Å². The Morgan fingerprint density at radius 2 is 1.97 bits per heavy atom. The number of benzene rings is 2. The molecule has 0 bridgehead atoms. The molecule has 1 fully saturated rings. The number of aliphatic hydroxyl groups is 1. The van der Waals surface area contributed by atoms with Crippen LogP contribution in [0.1, 0.15) is 41.3 Å². The molecule has 158 valence electrons. The van der Waals surface area contributed by atoms with Gasteiger partial charge in [-0.05, 0) is 55.6 Å². The van der Waals surface area contributed by atoms with E-state index in [1.807, 2.05) is 41.3 Å². The van der Waals surface area contributed by atoms with Gasteiger partial charge in [-0.3, -0.25) is 14.5 Å². The zero-order chi connectivity index (χ0) is 21.3. The van der Waals surface area contributed by atoms with E-state index in [9.17, 15) is 14.7 Å². The van der Waals surface area contributed by atoms with Crippen molar-refractivity contribution >= 4 is 17.4 Å². The lowest BCUT2D eigenvalue weighted by Crippen LogP contribution is -2.47. The van der Waals surface area contributed by atoms with Crippen molar-refractivity contribution in [2.24, 2.45) is 0 Å². The molecule has 30 heavy (non-hydrogen) atoms. The second-order valence-electron chi connectivity index (χ2n) is 8.23. The normalized spacial score (nSPS) is 21.4. The van der Waals surface area contributed by atoms with Crippen LogP contribution < -0.4 is 9.64 Å². The molecular formula is C24H28N2O4. The molecule has 1 amide bonds. The van der Waals surface area contributed by atoms with Gasteiger partial charge < -0.3 is 14.7 Å². The predicted molar refractivity (Wildman–Crippen MR) is 115 cm³/mol. The van der Waals surface area contributed by atoms with Crippen molar-refractivity contribution in [3.05, 3.63) is 59.2 Å². The fourth-order valence-corrected chi connectivity index (χ4v) is 4.70. The van der Waals surface area contributed by atoms with E-state index in [1.54, 1.807) is 25.0 Å². The number of Topliss-reactive ketones (excluding diaryl/α,β-unsaturated/α-hetero) is 1. The fourth-order valence-electron chi connectivity index (χ4n) is 4.70. The second-order valence-corrected chi connectivity index (χ2v) is 8.23. The summed E-state index contributed by atoms with van der Waals surface area (Å²) in [5.41, 5.74) is 2.34. The monoisotopic (exact) mass is 408 g/mol. The molecule has 0 aliphatic carbocycles. The number of β-amino-alcohol motifs (C(OH)–C–C–N with tert-alkyl or cyclic N) is 1. The molecule has 0 saturated carbocycles. The number of hydrogen-bond acceptors (Lipinski definition) is 5. The summed E-state index contributed by atoms with van der Waals surface area (Å²) in [6, 6.07) is 13.1. The topological polar surface area (TPSA) is 70.1 Å². The highest BCUT2D eigenvalue weighted by Crippen LogP contribution is 2.37. The maximum atomic E-state index is 13.0. The number of amides is 1. The highest BCUT2D eigenvalue weighted by atomic mass is 16.5. The summed E-state index contributed by atoms with van der Waals surface area (Å²) in [7, 11) is 1.60. The SMILES string of the molecule is COc1ccccc1C1(O)CCCN(CC(=O)c2ccc3c(c2)CCN3C(C)=O)C1. The Morgan fingerprint density at radius 3 is 2.73 bits per heavy atom. The van der Waals surface area contributed by atoms with Crippen LogP contribution >= 0.6 is 0 Å². The quantitative estimate of drug-likeness (QED) is 0.771. The molecule has 0 aromatic heterocycles. The number of carbonyl (C=O) groups excluding carboxylic acids is 2. The summed E-state index contributed by atoms with van der Waals surface area (Å²) in [6.45, 7) is 3.65. The Morgan fingerprint density at radius 1 is 1.17 bits per heavy atom. The van der Waals surface area contributed by atoms with Gasteiger partial charge >= 0.3 is 0 Å². The van der Waals surface area contributed by atoms with Crippen LogP contribution in [0, 0.1) is 0 Å². The van der Waals surface area contributed by atoms with Crippen LogP contribution in [0.2, 0.25) is 0 Å². The molecule has 2 aromatic carbocycles. The minimum absolute atomic E-state index is 0.0248. The number of carbonyl (C=O) groups is 2. The maximum Gasteiger partial charge on any atom is 0.223 e. The molecule has 2 aromatic rings. The molecule has 0 radical (unpaired) electrons. The Labute approximate surface area is 177 Å². The maximum absolute atomic E-state index is 13.0. The number of para-hydroxylation sites is 1. The first-order valence-corrected chi connectivity index (χ1v) is 10.4. The van der Waals surface area contributed by atoms with Gasteiger partial charge in [0.2, 0.25) is 5.91 Å². The smallest absolute Gasteiger partial charge is 0.223 e. The van der Waals surface area contributed by atoms with Gasteiger partial charge in [0, 0.05) is 36.8 Å². The number of methoxy groups -OCH3 is 1. The van der Waals surface area contributed by atoms with Crippen LogP contribution in [0.4, 0.5) is 5.69 Å². The highest BCUT2D eigenvalue weighted by Gasteiger charge is 2.37. The average molecular weight is 408 g/mol.